The number of benzene rings is 3. The maximum atomic E-state index is 12.5. The molecule has 8 heteroatoms. The summed E-state index contributed by atoms with van der Waals surface area (Å²) in [5.74, 6) is -0.613. The summed E-state index contributed by atoms with van der Waals surface area (Å²) in [6.07, 6.45) is 1.40. The highest BCUT2D eigenvalue weighted by Gasteiger charge is 2.12. The smallest absolute Gasteiger partial charge is 0.266 e. The van der Waals surface area contributed by atoms with Gasteiger partial charge in [0.25, 0.3) is 11.8 Å². The zero-order valence-electron chi connectivity index (χ0n) is 16.6. The van der Waals surface area contributed by atoms with Gasteiger partial charge in [-0.05, 0) is 54.6 Å². The Hall–Kier alpha value is -3.79. The summed E-state index contributed by atoms with van der Waals surface area (Å²) in [7, 11) is 0. The average molecular weight is 466 g/mol. The van der Waals surface area contributed by atoms with Crippen molar-refractivity contribution in [2.45, 2.75) is 0 Å². The third kappa shape index (κ3) is 6.61. The Kier molecular flexibility index (Phi) is 7.87. The quantitative estimate of drug-likeness (QED) is 0.353. The molecule has 0 radical (unpaired) electrons. The molecule has 0 bridgehead atoms. The van der Waals surface area contributed by atoms with Crippen molar-refractivity contribution >= 4 is 52.5 Å². The molecule has 3 rings (SSSR count). The molecule has 3 aromatic carbocycles. The van der Waals surface area contributed by atoms with Crippen LogP contribution < -0.4 is 15.4 Å². The van der Waals surface area contributed by atoms with Crippen LogP contribution in [0.4, 0.5) is 11.4 Å². The van der Waals surface area contributed by atoms with Crippen molar-refractivity contribution in [3.05, 3.63) is 94.0 Å². The minimum absolute atomic E-state index is 0.133. The van der Waals surface area contributed by atoms with Gasteiger partial charge in [-0.15, -0.1) is 0 Å². The fourth-order valence-electron chi connectivity index (χ4n) is 2.67. The highest BCUT2D eigenvalue weighted by Crippen LogP contribution is 2.22. The molecule has 0 saturated carbocycles. The minimum atomic E-state index is -0.593. The molecule has 0 saturated heterocycles. The number of nitrogens with one attached hydrogen (secondary N) is 2. The molecule has 0 unspecified atom stereocenters. The van der Waals surface area contributed by atoms with E-state index in [4.69, 9.17) is 27.9 Å². The van der Waals surface area contributed by atoms with Crippen molar-refractivity contribution < 1.29 is 14.3 Å². The monoisotopic (exact) mass is 465 g/mol. The Bertz CT molecular complexity index is 1200. The Morgan fingerprint density at radius 2 is 1.66 bits per heavy atom. The lowest BCUT2D eigenvalue weighted by Gasteiger charge is -2.10. The topological polar surface area (TPSA) is 91.2 Å². The first kappa shape index (κ1) is 22.9. The van der Waals surface area contributed by atoms with Crippen LogP contribution in [0.5, 0.6) is 5.75 Å². The number of anilines is 2. The van der Waals surface area contributed by atoms with E-state index in [1.54, 1.807) is 72.8 Å². The van der Waals surface area contributed by atoms with E-state index in [1.807, 2.05) is 6.07 Å². The number of para-hydroxylation sites is 1. The number of halogens is 2. The van der Waals surface area contributed by atoms with E-state index in [2.05, 4.69) is 10.6 Å². The summed E-state index contributed by atoms with van der Waals surface area (Å²) in [5.41, 5.74) is 1.39. The highest BCUT2D eigenvalue weighted by atomic mass is 35.5. The number of nitrogens with zero attached hydrogens (tertiary/aromatic N) is 1. The van der Waals surface area contributed by atoms with Gasteiger partial charge in [-0.1, -0.05) is 47.5 Å². The van der Waals surface area contributed by atoms with Gasteiger partial charge in [-0.3, -0.25) is 9.59 Å². The first-order chi connectivity index (χ1) is 15.4. The molecule has 160 valence electrons. The van der Waals surface area contributed by atoms with Crippen molar-refractivity contribution in [3.63, 3.8) is 0 Å². The molecule has 6 nitrogen and oxygen atoms in total. The van der Waals surface area contributed by atoms with Gasteiger partial charge in [-0.25, -0.2) is 0 Å². The second-order valence-electron chi connectivity index (χ2n) is 6.52. The van der Waals surface area contributed by atoms with E-state index < -0.39 is 5.91 Å². The molecule has 0 atom stereocenters. The molecule has 0 aliphatic rings. The lowest BCUT2D eigenvalue weighted by molar-refractivity contribution is -0.118. The number of carbonyl (C=O) groups is 2. The molecular weight excluding hydrogens is 449 g/mol. The molecule has 0 spiro atoms. The van der Waals surface area contributed by atoms with Crippen molar-refractivity contribution in [1.82, 2.24) is 0 Å². The number of carbonyl (C=O) groups excluding carboxylic acids is 2. The Balaban J connectivity index is 1.69. The molecule has 0 aliphatic carbocycles. The summed E-state index contributed by atoms with van der Waals surface area (Å²) in [5, 5.41) is 15.8. The molecule has 2 N–H and O–H groups in total. The van der Waals surface area contributed by atoms with Gasteiger partial charge in [0, 0.05) is 27.0 Å². The van der Waals surface area contributed by atoms with E-state index in [9.17, 15) is 14.9 Å². The van der Waals surface area contributed by atoms with Crippen LogP contribution in [0, 0.1) is 11.3 Å². The molecule has 2 amide bonds. The van der Waals surface area contributed by atoms with Crippen molar-refractivity contribution in [1.29, 1.82) is 5.26 Å². The molecular formula is C24H17Cl2N3O3. The molecule has 32 heavy (non-hydrogen) atoms. The second kappa shape index (κ2) is 11.0. The Morgan fingerprint density at radius 3 is 2.38 bits per heavy atom. The van der Waals surface area contributed by atoms with Crippen LogP contribution >= 0.6 is 23.2 Å². The molecule has 0 aliphatic heterocycles. The zero-order valence-corrected chi connectivity index (χ0v) is 18.2. The maximum absolute atomic E-state index is 12.5. The van der Waals surface area contributed by atoms with Gasteiger partial charge >= 0.3 is 0 Å². The molecule has 0 fully saturated rings. The van der Waals surface area contributed by atoms with E-state index >= 15 is 0 Å². The number of hydrogen-bond donors (Lipinski definition) is 2. The number of ether oxygens (including phenoxy) is 1. The van der Waals surface area contributed by atoms with Crippen LogP contribution in [-0.4, -0.2) is 18.4 Å². The van der Waals surface area contributed by atoms with Gasteiger partial charge < -0.3 is 15.4 Å². The molecule has 0 heterocycles. The third-order valence-corrected chi connectivity index (χ3v) is 4.64. The Labute approximate surface area is 195 Å². The van der Waals surface area contributed by atoms with Crippen molar-refractivity contribution in [2.75, 3.05) is 17.2 Å². The van der Waals surface area contributed by atoms with E-state index in [1.165, 1.54) is 6.08 Å². The average Bonchev–Trinajstić information content (AvgIpc) is 2.78. The summed E-state index contributed by atoms with van der Waals surface area (Å²) >= 11 is 11.8. The third-order valence-electron chi connectivity index (χ3n) is 4.15. The Morgan fingerprint density at radius 1 is 0.906 bits per heavy atom. The fourth-order valence-corrected chi connectivity index (χ4v) is 2.99. The second-order valence-corrected chi connectivity index (χ2v) is 7.39. The number of amides is 2. The van der Waals surface area contributed by atoms with Gasteiger partial charge in [0.2, 0.25) is 0 Å². The lowest BCUT2D eigenvalue weighted by Crippen LogP contribution is -2.20. The summed E-state index contributed by atoms with van der Waals surface area (Å²) in [6, 6.07) is 21.9. The highest BCUT2D eigenvalue weighted by molar-refractivity contribution is 6.31. The van der Waals surface area contributed by atoms with Gasteiger partial charge in [0.15, 0.2) is 6.61 Å². The predicted octanol–water partition coefficient (Wildman–Crippen LogP) is 5.56. The summed E-state index contributed by atoms with van der Waals surface area (Å²) in [6.45, 7) is -0.260. The summed E-state index contributed by atoms with van der Waals surface area (Å²) < 4.78 is 5.61. The van der Waals surface area contributed by atoms with E-state index in [0.29, 0.717) is 32.7 Å². The predicted molar refractivity (Wildman–Crippen MR) is 126 cm³/mol. The first-order valence-corrected chi connectivity index (χ1v) is 10.2. The van der Waals surface area contributed by atoms with E-state index in [0.717, 1.165) is 0 Å². The van der Waals surface area contributed by atoms with Crippen molar-refractivity contribution in [2.24, 2.45) is 0 Å². The normalized spacial score (nSPS) is 10.7. The van der Waals surface area contributed by atoms with Gasteiger partial charge in [0.05, 0.1) is 0 Å². The standard InChI is InChI=1S/C24H17Cl2N3O3/c25-18-8-10-20(11-9-18)28-23(30)15-32-22-7-2-1-4-16(22)12-17(14-27)24(31)29-21-6-3-5-19(26)13-21/h1-13H,15H2,(H,28,30)(H,29,31)/b17-12+. The van der Waals surface area contributed by atoms with Gasteiger partial charge in [-0.2, -0.15) is 5.26 Å². The van der Waals surface area contributed by atoms with Gasteiger partial charge in [0.1, 0.15) is 17.4 Å². The maximum Gasteiger partial charge on any atom is 0.266 e. The largest absolute Gasteiger partial charge is 0.483 e. The zero-order chi connectivity index (χ0) is 22.9. The lowest BCUT2D eigenvalue weighted by atomic mass is 10.1. The van der Waals surface area contributed by atoms with Crippen LogP contribution in [0.1, 0.15) is 5.56 Å². The number of nitriles is 1. The van der Waals surface area contributed by atoms with Crippen LogP contribution in [0.2, 0.25) is 10.0 Å². The fraction of sp³-hybridized carbons (Fsp3) is 0.0417. The van der Waals surface area contributed by atoms with Crippen LogP contribution in [0.15, 0.2) is 78.4 Å². The first-order valence-electron chi connectivity index (χ1n) is 9.40. The molecule has 3 aromatic rings. The van der Waals surface area contributed by atoms with Crippen molar-refractivity contribution in [3.8, 4) is 11.8 Å². The van der Waals surface area contributed by atoms with E-state index in [-0.39, 0.29) is 18.1 Å². The SMILES string of the molecule is N#C/C(=C\c1ccccc1OCC(=O)Nc1ccc(Cl)cc1)C(=O)Nc1cccc(Cl)c1. The number of rotatable bonds is 7. The van der Waals surface area contributed by atoms with Crippen LogP contribution in [-0.2, 0) is 9.59 Å². The van der Waals surface area contributed by atoms with Crippen LogP contribution in [0.3, 0.4) is 0 Å². The molecule has 0 aromatic heterocycles. The summed E-state index contributed by atoms with van der Waals surface area (Å²) in [4.78, 5) is 24.7. The van der Waals surface area contributed by atoms with Crippen LogP contribution in [0.25, 0.3) is 6.08 Å². The minimum Gasteiger partial charge on any atom is -0.483 e. The number of hydrogen-bond acceptors (Lipinski definition) is 4.